The summed E-state index contributed by atoms with van der Waals surface area (Å²) in [6.07, 6.45) is 4.01. The predicted molar refractivity (Wildman–Crippen MR) is 68.6 cm³/mol. The van der Waals surface area contributed by atoms with Gasteiger partial charge in [0.1, 0.15) is 0 Å². The topological polar surface area (TPSA) is 15.3 Å². The van der Waals surface area contributed by atoms with E-state index in [1.54, 1.807) is 0 Å². The molecular weight excluding hydrogens is 204 g/mol. The van der Waals surface area contributed by atoms with E-state index >= 15 is 0 Å². The average molecular weight is 228 g/mol. The van der Waals surface area contributed by atoms with Gasteiger partial charge in [0.15, 0.2) is 0 Å². The second-order valence-corrected chi connectivity index (χ2v) is 6.05. The molecular formula is C12H24N2S. The summed E-state index contributed by atoms with van der Waals surface area (Å²) in [6, 6.07) is 2.25. The van der Waals surface area contributed by atoms with Crippen LogP contribution in [0.5, 0.6) is 0 Å². The number of hydrogen-bond acceptors (Lipinski definition) is 3. The van der Waals surface area contributed by atoms with Crippen LogP contribution in [-0.4, -0.2) is 47.6 Å². The van der Waals surface area contributed by atoms with Crippen molar-refractivity contribution in [2.45, 2.75) is 51.2 Å². The SMILES string of the molecule is CCC(C)NC1CCCN2CCSCC12. The van der Waals surface area contributed by atoms with E-state index in [1.165, 1.54) is 43.9 Å². The number of piperidine rings is 1. The first kappa shape index (κ1) is 11.7. The zero-order valence-corrected chi connectivity index (χ0v) is 10.9. The van der Waals surface area contributed by atoms with Crippen molar-refractivity contribution in [3.05, 3.63) is 0 Å². The van der Waals surface area contributed by atoms with Crippen molar-refractivity contribution in [2.75, 3.05) is 24.6 Å². The highest BCUT2D eigenvalue weighted by molar-refractivity contribution is 7.99. The molecule has 88 valence electrons. The first-order valence-corrected chi connectivity index (χ1v) is 7.54. The van der Waals surface area contributed by atoms with Crippen LogP contribution in [0.15, 0.2) is 0 Å². The zero-order chi connectivity index (χ0) is 10.7. The van der Waals surface area contributed by atoms with Gasteiger partial charge in [-0.2, -0.15) is 11.8 Å². The standard InChI is InChI=1S/C12H24N2S/c1-3-10(2)13-11-5-4-6-14-7-8-15-9-12(11)14/h10-13H,3-9H2,1-2H3. The Balaban J connectivity index is 1.91. The van der Waals surface area contributed by atoms with Gasteiger partial charge in [0.2, 0.25) is 0 Å². The summed E-state index contributed by atoms with van der Waals surface area (Å²) in [4.78, 5) is 2.71. The van der Waals surface area contributed by atoms with Crippen LogP contribution in [0.3, 0.4) is 0 Å². The van der Waals surface area contributed by atoms with Gasteiger partial charge in [0.25, 0.3) is 0 Å². The molecule has 2 saturated heterocycles. The van der Waals surface area contributed by atoms with Crippen LogP contribution in [-0.2, 0) is 0 Å². The Morgan fingerprint density at radius 3 is 3.13 bits per heavy atom. The van der Waals surface area contributed by atoms with E-state index in [2.05, 4.69) is 35.8 Å². The van der Waals surface area contributed by atoms with Gasteiger partial charge in [-0.15, -0.1) is 0 Å². The fraction of sp³-hybridized carbons (Fsp3) is 1.00. The summed E-state index contributed by atoms with van der Waals surface area (Å²) in [5.41, 5.74) is 0. The van der Waals surface area contributed by atoms with Crippen molar-refractivity contribution in [1.29, 1.82) is 0 Å². The summed E-state index contributed by atoms with van der Waals surface area (Å²) in [5, 5.41) is 3.81. The first-order valence-electron chi connectivity index (χ1n) is 6.39. The summed E-state index contributed by atoms with van der Waals surface area (Å²) in [7, 11) is 0. The van der Waals surface area contributed by atoms with Crippen LogP contribution in [0.1, 0.15) is 33.1 Å². The maximum atomic E-state index is 3.81. The highest BCUT2D eigenvalue weighted by atomic mass is 32.2. The first-order chi connectivity index (χ1) is 7.31. The van der Waals surface area contributed by atoms with Gasteiger partial charge in [-0.3, -0.25) is 4.90 Å². The summed E-state index contributed by atoms with van der Waals surface area (Å²) in [5.74, 6) is 2.68. The third kappa shape index (κ3) is 2.89. The van der Waals surface area contributed by atoms with Crippen LogP contribution < -0.4 is 5.32 Å². The third-order valence-electron chi connectivity index (χ3n) is 3.82. The van der Waals surface area contributed by atoms with Crippen LogP contribution in [0.25, 0.3) is 0 Å². The lowest BCUT2D eigenvalue weighted by Gasteiger charge is -2.45. The molecule has 2 aliphatic heterocycles. The molecule has 0 aromatic carbocycles. The van der Waals surface area contributed by atoms with E-state index in [1.807, 2.05) is 0 Å². The van der Waals surface area contributed by atoms with Crippen molar-refractivity contribution in [1.82, 2.24) is 10.2 Å². The van der Waals surface area contributed by atoms with E-state index < -0.39 is 0 Å². The smallest absolute Gasteiger partial charge is 0.0340 e. The number of nitrogens with one attached hydrogen (secondary N) is 1. The van der Waals surface area contributed by atoms with Gasteiger partial charge in [-0.25, -0.2) is 0 Å². The lowest BCUT2D eigenvalue weighted by Crippen LogP contribution is -2.58. The van der Waals surface area contributed by atoms with Crippen molar-refractivity contribution in [3.63, 3.8) is 0 Å². The van der Waals surface area contributed by atoms with Crippen molar-refractivity contribution >= 4 is 11.8 Å². The van der Waals surface area contributed by atoms with Gasteiger partial charge in [-0.1, -0.05) is 6.92 Å². The number of rotatable bonds is 3. The Morgan fingerprint density at radius 2 is 2.33 bits per heavy atom. The minimum absolute atomic E-state index is 0.682. The normalized spacial score (nSPS) is 34.8. The van der Waals surface area contributed by atoms with Crippen LogP contribution >= 0.6 is 11.8 Å². The monoisotopic (exact) mass is 228 g/mol. The second kappa shape index (κ2) is 5.55. The van der Waals surface area contributed by atoms with Crippen molar-refractivity contribution in [3.8, 4) is 0 Å². The molecule has 0 amide bonds. The third-order valence-corrected chi connectivity index (χ3v) is 4.86. The van der Waals surface area contributed by atoms with Gasteiger partial charge in [-0.05, 0) is 32.7 Å². The van der Waals surface area contributed by atoms with E-state index in [0.717, 1.165) is 12.1 Å². The molecule has 2 heterocycles. The lowest BCUT2D eigenvalue weighted by molar-refractivity contribution is 0.124. The van der Waals surface area contributed by atoms with Crippen molar-refractivity contribution in [2.24, 2.45) is 0 Å². The Hall–Kier alpha value is 0.270. The molecule has 0 aromatic rings. The molecule has 2 aliphatic rings. The number of nitrogens with zero attached hydrogens (tertiary/aromatic N) is 1. The highest BCUT2D eigenvalue weighted by Crippen LogP contribution is 2.25. The molecule has 0 aliphatic carbocycles. The Bertz CT molecular complexity index is 196. The molecule has 0 bridgehead atoms. The molecule has 0 aromatic heterocycles. The Morgan fingerprint density at radius 1 is 1.47 bits per heavy atom. The van der Waals surface area contributed by atoms with Crippen LogP contribution in [0.2, 0.25) is 0 Å². The quantitative estimate of drug-likeness (QED) is 0.795. The van der Waals surface area contributed by atoms with E-state index in [0.29, 0.717) is 6.04 Å². The van der Waals surface area contributed by atoms with Gasteiger partial charge >= 0.3 is 0 Å². The fourth-order valence-corrected chi connectivity index (χ4v) is 3.90. The lowest BCUT2D eigenvalue weighted by atomic mass is 9.96. The Kier molecular flexibility index (Phi) is 4.35. The van der Waals surface area contributed by atoms with Gasteiger partial charge in [0.05, 0.1) is 0 Å². The molecule has 2 rings (SSSR count). The average Bonchev–Trinajstić information content (AvgIpc) is 2.29. The van der Waals surface area contributed by atoms with Crippen molar-refractivity contribution < 1.29 is 0 Å². The Labute approximate surface area is 98.2 Å². The zero-order valence-electron chi connectivity index (χ0n) is 10.0. The van der Waals surface area contributed by atoms with Crippen LogP contribution in [0.4, 0.5) is 0 Å². The molecule has 0 spiro atoms. The maximum absolute atomic E-state index is 3.81. The molecule has 3 heteroatoms. The number of hydrogen-bond donors (Lipinski definition) is 1. The summed E-state index contributed by atoms with van der Waals surface area (Å²) < 4.78 is 0. The van der Waals surface area contributed by atoms with Gasteiger partial charge in [0, 0.05) is 36.2 Å². The highest BCUT2D eigenvalue weighted by Gasteiger charge is 2.33. The number of fused-ring (bicyclic) bond motifs is 1. The minimum Gasteiger partial charge on any atom is -0.310 e. The molecule has 15 heavy (non-hydrogen) atoms. The molecule has 1 N–H and O–H groups in total. The van der Waals surface area contributed by atoms with E-state index in [-0.39, 0.29) is 0 Å². The van der Waals surface area contributed by atoms with E-state index in [4.69, 9.17) is 0 Å². The molecule has 2 nitrogen and oxygen atoms in total. The van der Waals surface area contributed by atoms with Crippen LogP contribution in [0, 0.1) is 0 Å². The number of thioether (sulfide) groups is 1. The maximum Gasteiger partial charge on any atom is 0.0340 e. The fourth-order valence-electron chi connectivity index (χ4n) is 2.69. The predicted octanol–water partition coefficient (Wildman–Crippen LogP) is 1.95. The largest absolute Gasteiger partial charge is 0.310 e. The molecule has 3 atom stereocenters. The van der Waals surface area contributed by atoms with Gasteiger partial charge < -0.3 is 5.32 Å². The summed E-state index contributed by atoms with van der Waals surface area (Å²) in [6.45, 7) is 7.24. The molecule has 0 saturated carbocycles. The van der Waals surface area contributed by atoms with E-state index in [9.17, 15) is 0 Å². The molecule has 0 radical (unpaired) electrons. The summed E-state index contributed by atoms with van der Waals surface area (Å²) >= 11 is 2.14. The molecule has 2 fully saturated rings. The molecule has 3 unspecified atom stereocenters. The minimum atomic E-state index is 0.682. The second-order valence-electron chi connectivity index (χ2n) is 4.90.